The molecular weight excluding hydrogens is 154 g/mol. The summed E-state index contributed by atoms with van der Waals surface area (Å²) in [5, 5.41) is 11.8. The summed E-state index contributed by atoms with van der Waals surface area (Å²) >= 11 is 0. The van der Waals surface area contributed by atoms with Gasteiger partial charge in [0, 0.05) is 12.7 Å². The summed E-state index contributed by atoms with van der Waals surface area (Å²) in [6, 6.07) is 1.69. The number of nitrogens with zero attached hydrogens (tertiary/aromatic N) is 2. The molecule has 0 aliphatic rings. The van der Waals surface area contributed by atoms with Crippen LogP contribution >= 0.6 is 0 Å². The third-order valence-corrected chi connectivity index (χ3v) is 1.41. The lowest BCUT2D eigenvalue weighted by atomic mass is 10.4. The molecule has 1 aromatic rings. The van der Waals surface area contributed by atoms with Crippen LogP contribution < -0.4 is 5.32 Å². The minimum Gasteiger partial charge on any atom is -0.390 e. The molecule has 1 rings (SSSR count). The fourth-order valence-corrected chi connectivity index (χ4v) is 0.806. The number of rotatable bonds is 4. The first-order valence-corrected chi connectivity index (χ1v) is 4.03. The van der Waals surface area contributed by atoms with Crippen molar-refractivity contribution in [2.24, 2.45) is 0 Å². The predicted molar refractivity (Wildman–Crippen MR) is 46.7 cm³/mol. The van der Waals surface area contributed by atoms with Crippen molar-refractivity contribution in [1.29, 1.82) is 0 Å². The molecule has 12 heavy (non-hydrogen) atoms. The minimum absolute atomic E-state index is 0.0384. The van der Waals surface area contributed by atoms with E-state index in [0.29, 0.717) is 11.6 Å². The molecule has 66 valence electrons. The van der Waals surface area contributed by atoms with Crippen molar-refractivity contribution in [2.45, 2.75) is 20.0 Å². The molecule has 0 amide bonds. The highest BCUT2D eigenvalue weighted by molar-refractivity contribution is 5.24. The van der Waals surface area contributed by atoms with E-state index < -0.39 is 0 Å². The molecular formula is C8H13N3O. The SMILES string of the molecule is CCCNc1nccc(CO)n1. The maximum atomic E-state index is 8.77. The summed E-state index contributed by atoms with van der Waals surface area (Å²) in [5.41, 5.74) is 0.642. The second-order valence-electron chi connectivity index (χ2n) is 2.46. The lowest BCUT2D eigenvalue weighted by Crippen LogP contribution is -2.05. The molecule has 0 aliphatic heterocycles. The lowest BCUT2D eigenvalue weighted by molar-refractivity contribution is 0.277. The van der Waals surface area contributed by atoms with Gasteiger partial charge in [-0.15, -0.1) is 0 Å². The topological polar surface area (TPSA) is 58.0 Å². The molecule has 0 bridgehead atoms. The van der Waals surface area contributed by atoms with Gasteiger partial charge in [-0.1, -0.05) is 6.92 Å². The molecule has 4 heteroatoms. The van der Waals surface area contributed by atoms with Gasteiger partial charge in [-0.2, -0.15) is 0 Å². The molecule has 1 aromatic heterocycles. The summed E-state index contributed by atoms with van der Waals surface area (Å²) < 4.78 is 0. The lowest BCUT2D eigenvalue weighted by Gasteiger charge is -2.02. The molecule has 0 aromatic carbocycles. The van der Waals surface area contributed by atoms with Gasteiger partial charge in [0.1, 0.15) is 0 Å². The second kappa shape index (κ2) is 4.66. The van der Waals surface area contributed by atoms with E-state index in [0.717, 1.165) is 13.0 Å². The summed E-state index contributed by atoms with van der Waals surface area (Å²) in [6.45, 7) is 2.89. The van der Waals surface area contributed by atoms with Crippen LogP contribution in [0.1, 0.15) is 19.0 Å². The van der Waals surface area contributed by atoms with Crippen LogP contribution in [0.5, 0.6) is 0 Å². The maximum Gasteiger partial charge on any atom is 0.222 e. The van der Waals surface area contributed by atoms with E-state index in [4.69, 9.17) is 5.11 Å². The Labute approximate surface area is 71.7 Å². The zero-order chi connectivity index (χ0) is 8.81. The molecule has 0 aliphatic carbocycles. The van der Waals surface area contributed by atoms with Crippen LogP contribution in [0.2, 0.25) is 0 Å². The highest BCUT2D eigenvalue weighted by Crippen LogP contribution is 1.99. The first kappa shape index (κ1) is 8.93. The van der Waals surface area contributed by atoms with Crippen molar-refractivity contribution in [3.05, 3.63) is 18.0 Å². The number of nitrogens with one attached hydrogen (secondary N) is 1. The van der Waals surface area contributed by atoms with E-state index in [1.54, 1.807) is 12.3 Å². The van der Waals surface area contributed by atoms with Crippen molar-refractivity contribution in [3.8, 4) is 0 Å². The van der Waals surface area contributed by atoms with Gasteiger partial charge in [0.2, 0.25) is 5.95 Å². The Morgan fingerprint density at radius 2 is 2.42 bits per heavy atom. The monoisotopic (exact) mass is 167 g/mol. The largest absolute Gasteiger partial charge is 0.390 e. The van der Waals surface area contributed by atoms with Crippen molar-refractivity contribution in [1.82, 2.24) is 9.97 Å². The molecule has 2 N–H and O–H groups in total. The maximum absolute atomic E-state index is 8.77. The molecule has 0 saturated heterocycles. The highest BCUT2D eigenvalue weighted by atomic mass is 16.3. The molecule has 0 spiro atoms. The van der Waals surface area contributed by atoms with Crippen molar-refractivity contribution >= 4 is 5.95 Å². The smallest absolute Gasteiger partial charge is 0.222 e. The normalized spacial score (nSPS) is 9.83. The summed E-state index contributed by atoms with van der Waals surface area (Å²) in [4.78, 5) is 8.05. The summed E-state index contributed by atoms with van der Waals surface area (Å²) in [6.07, 6.45) is 2.67. The fourth-order valence-electron chi connectivity index (χ4n) is 0.806. The van der Waals surface area contributed by atoms with Crippen LogP contribution in [-0.4, -0.2) is 21.6 Å². The number of aromatic nitrogens is 2. The average molecular weight is 167 g/mol. The number of anilines is 1. The van der Waals surface area contributed by atoms with E-state index in [9.17, 15) is 0 Å². The van der Waals surface area contributed by atoms with Crippen LogP contribution in [0.4, 0.5) is 5.95 Å². The van der Waals surface area contributed by atoms with E-state index in [-0.39, 0.29) is 6.61 Å². The molecule has 0 saturated carbocycles. The Hall–Kier alpha value is -1.16. The number of hydrogen-bond acceptors (Lipinski definition) is 4. The van der Waals surface area contributed by atoms with Crippen molar-refractivity contribution in [3.63, 3.8) is 0 Å². The van der Waals surface area contributed by atoms with E-state index >= 15 is 0 Å². The zero-order valence-electron chi connectivity index (χ0n) is 7.12. The minimum atomic E-state index is -0.0384. The zero-order valence-corrected chi connectivity index (χ0v) is 7.12. The second-order valence-corrected chi connectivity index (χ2v) is 2.46. The van der Waals surface area contributed by atoms with Gasteiger partial charge < -0.3 is 10.4 Å². The fraction of sp³-hybridized carbons (Fsp3) is 0.500. The number of aliphatic hydroxyl groups excluding tert-OH is 1. The Morgan fingerprint density at radius 3 is 3.08 bits per heavy atom. The van der Waals surface area contributed by atoms with Crippen LogP contribution in [0.25, 0.3) is 0 Å². The molecule has 0 atom stereocenters. The van der Waals surface area contributed by atoms with Crippen LogP contribution in [0.15, 0.2) is 12.3 Å². The van der Waals surface area contributed by atoms with Gasteiger partial charge in [-0.05, 0) is 12.5 Å². The van der Waals surface area contributed by atoms with Gasteiger partial charge in [-0.3, -0.25) is 0 Å². The molecule has 0 unspecified atom stereocenters. The predicted octanol–water partition coefficient (Wildman–Crippen LogP) is 0.791. The van der Waals surface area contributed by atoms with Crippen LogP contribution in [0.3, 0.4) is 0 Å². The van der Waals surface area contributed by atoms with Gasteiger partial charge in [0.15, 0.2) is 0 Å². The van der Waals surface area contributed by atoms with Crippen LogP contribution in [0, 0.1) is 0 Å². The highest BCUT2D eigenvalue weighted by Gasteiger charge is 1.95. The first-order chi connectivity index (χ1) is 5.86. The van der Waals surface area contributed by atoms with E-state index in [1.165, 1.54) is 0 Å². The van der Waals surface area contributed by atoms with Crippen molar-refractivity contribution in [2.75, 3.05) is 11.9 Å². The number of aliphatic hydroxyl groups is 1. The van der Waals surface area contributed by atoms with E-state index in [1.807, 2.05) is 0 Å². The molecule has 1 heterocycles. The van der Waals surface area contributed by atoms with Gasteiger partial charge in [0.05, 0.1) is 12.3 Å². The standard InChI is InChI=1S/C8H13N3O/c1-2-4-9-8-10-5-3-7(6-12)11-8/h3,5,12H,2,4,6H2,1H3,(H,9,10,11). The third-order valence-electron chi connectivity index (χ3n) is 1.41. The number of hydrogen-bond donors (Lipinski definition) is 2. The molecule has 0 radical (unpaired) electrons. The Morgan fingerprint density at radius 1 is 1.58 bits per heavy atom. The Kier molecular flexibility index (Phi) is 3.47. The van der Waals surface area contributed by atoms with Crippen LogP contribution in [-0.2, 0) is 6.61 Å². The average Bonchev–Trinajstić information content (AvgIpc) is 2.15. The van der Waals surface area contributed by atoms with E-state index in [2.05, 4.69) is 22.2 Å². The summed E-state index contributed by atoms with van der Waals surface area (Å²) in [7, 11) is 0. The Bertz CT molecular complexity index is 239. The molecule has 0 fully saturated rings. The van der Waals surface area contributed by atoms with Crippen molar-refractivity contribution < 1.29 is 5.11 Å². The van der Waals surface area contributed by atoms with Gasteiger partial charge >= 0.3 is 0 Å². The molecule has 4 nitrogen and oxygen atoms in total. The first-order valence-electron chi connectivity index (χ1n) is 4.03. The Balaban J connectivity index is 2.60. The summed E-state index contributed by atoms with van der Waals surface area (Å²) in [5.74, 6) is 0.586. The van der Waals surface area contributed by atoms with Gasteiger partial charge in [0.25, 0.3) is 0 Å². The third kappa shape index (κ3) is 2.47. The quantitative estimate of drug-likeness (QED) is 0.696. The van der Waals surface area contributed by atoms with Gasteiger partial charge in [-0.25, -0.2) is 9.97 Å².